The van der Waals surface area contributed by atoms with E-state index in [-0.39, 0.29) is 0 Å². The second-order valence-electron chi connectivity index (χ2n) is 10.0. The minimum atomic E-state index is -1.80. The van der Waals surface area contributed by atoms with Crippen molar-refractivity contribution in [3.05, 3.63) is 0 Å². The molecule has 0 unspecified atom stereocenters. The third-order valence-electron chi connectivity index (χ3n) is 5.31. The molecule has 0 aromatic rings. The van der Waals surface area contributed by atoms with E-state index in [1.54, 1.807) is 0 Å². The molecule has 0 bridgehead atoms. The molecule has 0 spiro atoms. The predicted octanol–water partition coefficient (Wildman–Crippen LogP) is 4.55. The van der Waals surface area contributed by atoms with E-state index < -0.39 is 50.7 Å². The van der Waals surface area contributed by atoms with E-state index in [9.17, 15) is 4.79 Å². The van der Waals surface area contributed by atoms with Crippen LogP contribution in [0.4, 0.5) is 0 Å². The van der Waals surface area contributed by atoms with Gasteiger partial charge in [0.25, 0.3) is 0 Å². The number of hydrogen-bond acceptors (Lipinski definition) is 8. The highest BCUT2D eigenvalue weighted by Gasteiger charge is 2.58. The maximum Gasteiger partial charge on any atom is 0.303 e. The molecule has 2 rings (SSSR count). The van der Waals surface area contributed by atoms with Crippen LogP contribution in [-0.4, -0.2) is 69.9 Å². The molecule has 184 valence electrons. The summed E-state index contributed by atoms with van der Waals surface area (Å²) in [5.74, 6) is -1.20. The maximum absolute atomic E-state index is 11.8. The van der Waals surface area contributed by atoms with E-state index in [0.29, 0.717) is 13.2 Å². The van der Waals surface area contributed by atoms with Gasteiger partial charge in [-0.3, -0.25) is 4.79 Å². The monoisotopic (exact) mass is 470 g/mol. The van der Waals surface area contributed by atoms with Crippen molar-refractivity contribution in [3.8, 4) is 0 Å². The summed E-state index contributed by atoms with van der Waals surface area (Å²) in [5, 5.41) is 0. The van der Waals surface area contributed by atoms with Crippen molar-refractivity contribution in [2.45, 2.75) is 122 Å². The van der Waals surface area contributed by atoms with Gasteiger partial charge in [0.2, 0.25) is 0 Å². The lowest BCUT2D eigenvalue weighted by Gasteiger charge is -2.29. The molecule has 2 saturated heterocycles. The Morgan fingerprint density at radius 3 is 2.47 bits per heavy atom. The van der Waals surface area contributed by atoms with Gasteiger partial charge in [-0.25, -0.2) is 9.98 Å². The molecule has 0 radical (unpaired) electrons. The van der Waals surface area contributed by atoms with Crippen molar-refractivity contribution in [1.82, 2.24) is 0 Å². The molecular weight excluding hydrogens is 428 g/mol. The van der Waals surface area contributed by atoms with E-state index in [1.807, 2.05) is 13.8 Å². The molecule has 2 aliphatic heterocycles. The molecule has 0 saturated carbocycles. The number of ether oxygens (including phenoxy) is 4. The summed E-state index contributed by atoms with van der Waals surface area (Å²) in [6, 6.07) is 2.41. The number of carbonyl (C=O) groups excluding carboxylic acids is 1. The van der Waals surface area contributed by atoms with Crippen LogP contribution in [0.3, 0.4) is 0 Å². The van der Waals surface area contributed by atoms with Crippen LogP contribution in [-0.2, 0) is 28.2 Å². The van der Waals surface area contributed by atoms with Gasteiger partial charge in [-0.15, -0.1) is 0 Å². The van der Waals surface area contributed by atoms with E-state index in [2.05, 4.69) is 42.6 Å². The summed E-state index contributed by atoms with van der Waals surface area (Å²) >= 11 is 0. The second-order valence-corrected chi connectivity index (χ2v) is 14.5. The summed E-state index contributed by atoms with van der Waals surface area (Å²) in [4.78, 5) is 20.7. The Morgan fingerprint density at radius 1 is 1.12 bits per heavy atom. The lowest BCUT2D eigenvalue weighted by atomic mass is 10.0. The van der Waals surface area contributed by atoms with Crippen LogP contribution in [0.1, 0.15) is 66.2 Å². The molecule has 0 aromatic heterocycles. The fourth-order valence-electron chi connectivity index (χ4n) is 3.82. The molecule has 9 heteroatoms. The molecule has 2 heterocycles. The number of esters is 1. The lowest BCUT2D eigenvalue weighted by Crippen LogP contribution is -2.45. The highest BCUT2D eigenvalue weighted by atomic mass is 28.4. The Kier molecular flexibility index (Phi) is 10.5. The van der Waals surface area contributed by atoms with Crippen LogP contribution in [0.2, 0.25) is 19.6 Å². The Labute approximate surface area is 194 Å². The molecular formula is C23H42N2O6Si. The van der Waals surface area contributed by atoms with Crippen molar-refractivity contribution < 1.29 is 28.2 Å². The minimum Gasteiger partial charge on any atom is -0.457 e. The molecule has 5 atom stereocenters. The Hall–Kier alpha value is -1.09. The molecule has 8 nitrogen and oxygen atoms in total. The number of nitrogens with zero attached hydrogens (tertiary/aromatic N) is 2. The number of hydrogen-bond donors (Lipinski definition) is 0. The minimum absolute atomic E-state index is 0.334. The van der Waals surface area contributed by atoms with Crippen molar-refractivity contribution in [2.24, 2.45) is 9.98 Å². The van der Waals surface area contributed by atoms with E-state index in [0.717, 1.165) is 6.42 Å². The van der Waals surface area contributed by atoms with Gasteiger partial charge in [-0.1, -0.05) is 39.0 Å². The smallest absolute Gasteiger partial charge is 0.303 e. The second kappa shape index (κ2) is 12.4. The quantitative estimate of drug-likeness (QED) is 0.170. The van der Waals surface area contributed by atoms with E-state index in [1.165, 1.54) is 39.0 Å². The summed E-state index contributed by atoms with van der Waals surface area (Å²) in [5.41, 5.74) is 0. The first-order chi connectivity index (χ1) is 15.0. The first-order valence-electron chi connectivity index (χ1n) is 12.0. The number of unbranched alkanes of at least 4 members (excludes halogenated alkanes) is 5. The zero-order valence-corrected chi connectivity index (χ0v) is 21.9. The van der Waals surface area contributed by atoms with Crippen LogP contribution >= 0.6 is 0 Å². The number of carbonyl (C=O) groups is 1. The fraction of sp³-hybridized carbons (Fsp3) is 0.913. The zero-order valence-electron chi connectivity index (χ0n) is 20.9. The average Bonchev–Trinajstić information content (AvgIpc) is 3.14. The van der Waals surface area contributed by atoms with Gasteiger partial charge in [-0.2, -0.15) is 0 Å². The predicted molar refractivity (Wildman–Crippen MR) is 125 cm³/mol. The van der Waals surface area contributed by atoms with Gasteiger partial charge in [0.15, 0.2) is 32.6 Å². The van der Waals surface area contributed by atoms with Crippen LogP contribution in [0.5, 0.6) is 0 Å². The van der Waals surface area contributed by atoms with E-state index >= 15 is 0 Å². The zero-order chi connectivity index (χ0) is 23.8. The normalized spacial score (nSPS) is 27.5. The van der Waals surface area contributed by atoms with Crippen LogP contribution in [0.15, 0.2) is 9.98 Å². The first kappa shape index (κ1) is 27.2. The van der Waals surface area contributed by atoms with Crippen LogP contribution < -0.4 is 0 Å². The molecule has 32 heavy (non-hydrogen) atoms. The Morgan fingerprint density at radius 2 is 1.81 bits per heavy atom. The Balaban J connectivity index is 2.05. The van der Waals surface area contributed by atoms with Gasteiger partial charge >= 0.3 is 5.97 Å². The van der Waals surface area contributed by atoms with Crippen molar-refractivity contribution in [3.63, 3.8) is 0 Å². The molecule has 2 aliphatic rings. The van der Waals surface area contributed by atoms with Gasteiger partial charge in [0, 0.05) is 13.5 Å². The van der Waals surface area contributed by atoms with E-state index in [4.69, 9.17) is 23.4 Å². The molecule has 0 aliphatic carbocycles. The fourth-order valence-corrected chi connectivity index (χ4v) is 4.49. The molecule has 0 N–H and O–H groups in total. The third-order valence-corrected chi connectivity index (χ3v) is 6.35. The molecule has 0 amide bonds. The summed E-state index contributed by atoms with van der Waals surface area (Å²) in [6.45, 7) is 14.6. The van der Waals surface area contributed by atoms with Gasteiger partial charge < -0.3 is 23.4 Å². The Bertz CT molecular complexity index is 659. The van der Waals surface area contributed by atoms with Crippen LogP contribution in [0.25, 0.3) is 0 Å². The van der Waals surface area contributed by atoms with Crippen LogP contribution in [0, 0.1) is 0 Å². The van der Waals surface area contributed by atoms with Crippen molar-refractivity contribution >= 4 is 20.3 Å². The summed E-state index contributed by atoms with van der Waals surface area (Å²) in [6.07, 6.45) is 4.93. The standard InChI is InChI=1S/C23H42N2O6Si/c1-8-9-10-11-12-13-14-24-16-25-18(15-27-32(5,6)7)19-20(28-17(2)26)21-22(29-19)31-23(3,4)30-21/h18-22H,8-15H2,1-7H3/t18-,19-,20+,21-,22-/m1/s1. The topological polar surface area (TPSA) is 87.9 Å². The van der Waals surface area contributed by atoms with Crippen molar-refractivity contribution in [1.29, 1.82) is 0 Å². The van der Waals surface area contributed by atoms with Gasteiger partial charge in [0.1, 0.15) is 12.1 Å². The number of fused-ring (bicyclic) bond motifs is 1. The third kappa shape index (κ3) is 9.04. The van der Waals surface area contributed by atoms with Gasteiger partial charge in [0.05, 0.1) is 12.6 Å². The average molecular weight is 471 g/mol. The largest absolute Gasteiger partial charge is 0.457 e. The highest BCUT2D eigenvalue weighted by molar-refractivity contribution is 6.69. The lowest BCUT2D eigenvalue weighted by molar-refractivity contribution is -0.221. The summed E-state index contributed by atoms with van der Waals surface area (Å²) in [7, 11) is -1.80. The van der Waals surface area contributed by atoms with Gasteiger partial charge in [-0.05, 0) is 39.9 Å². The summed E-state index contributed by atoms with van der Waals surface area (Å²) < 4.78 is 29.7. The van der Waals surface area contributed by atoms with Crippen molar-refractivity contribution in [2.75, 3.05) is 13.2 Å². The maximum atomic E-state index is 11.8. The molecule has 0 aromatic carbocycles. The SMILES string of the molecule is CCCCCCCCN=C=N[C@H](CO[Si](C)(C)C)[C@H]1O[C@@H]2OC(C)(C)O[C@@H]2[C@H]1OC(C)=O. The molecule has 2 fully saturated rings. The number of rotatable bonds is 13. The first-order valence-corrected chi connectivity index (χ1v) is 15.4. The number of aliphatic imine (C=N–C) groups is 2. The highest BCUT2D eigenvalue weighted by Crippen LogP contribution is 2.40.